The number of nitriles is 1. The van der Waals surface area contributed by atoms with Gasteiger partial charge in [0.1, 0.15) is 5.60 Å². The number of benzene rings is 1. The molecule has 0 radical (unpaired) electrons. The van der Waals surface area contributed by atoms with Crippen LogP contribution in [0.2, 0.25) is 5.02 Å². The van der Waals surface area contributed by atoms with E-state index in [1.807, 2.05) is 6.07 Å². The maximum absolute atomic E-state index is 11.8. The highest BCUT2D eigenvalue weighted by Gasteiger charge is 2.19. The van der Waals surface area contributed by atoms with Crippen LogP contribution in [0.1, 0.15) is 44.7 Å². The third-order valence-corrected chi connectivity index (χ3v) is 3.09. The summed E-state index contributed by atoms with van der Waals surface area (Å²) in [6.45, 7) is 6.91. The van der Waals surface area contributed by atoms with Gasteiger partial charge in [-0.2, -0.15) is 5.26 Å². The predicted molar refractivity (Wildman–Crippen MR) is 81.5 cm³/mol. The smallest absolute Gasteiger partial charge is 0.412 e. The van der Waals surface area contributed by atoms with Crippen LogP contribution >= 0.6 is 11.6 Å². The molecule has 1 aromatic carbocycles. The van der Waals surface area contributed by atoms with Crippen LogP contribution in [0.25, 0.3) is 0 Å². The molecule has 0 aliphatic rings. The summed E-state index contributed by atoms with van der Waals surface area (Å²) in [7, 11) is 0. The number of halogens is 1. The Labute approximate surface area is 129 Å². The van der Waals surface area contributed by atoms with E-state index in [0.29, 0.717) is 21.8 Å². The Bertz CT molecular complexity index is 574. The van der Waals surface area contributed by atoms with Crippen LogP contribution in [0.5, 0.6) is 0 Å². The maximum Gasteiger partial charge on any atom is 0.412 e. The van der Waals surface area contributed by atoms with Crippen molar-refractivity contribution in [3.05, 3.63) is 28.3 Å². The number of nitrogens with one attached hydrogen (secondary N) is 1. The van der Waals surface area contributed by atoms with E-state index in [4.69, 9.17) is 21.6 Å². The largest absolute Gasteiger partial charge is 0.444 e. The van der Waals surface area contributed by atoms with Gasteiger partial charge in [-0.15, -0.1) is 0 Å². The highest BCUT2D eigenvalue weighted by Crippen LogP contribution is 2.33. The first-order valence-corrected chi connectivity index (χ1v) is 6.90. The van der Waals surface area contributed by atoms with Crippen LogP contribution in [0.4, 0.5) is 10.5 Å². The molecule has 114 valence electrons. The van der Waals surface area contributed by atoms with Crippen LogP contribution in [0.3, 0.4) is 0 Å². The SMILES string of the molecule is CC(CO)c1cc(C#N)cc(NC(=O)OC(C)(C)C)c1Cl. The molecule has 0 saturated heterocycles. The van der Waals surface area contributed by atoms with Gasteiger partial charge in [-0.05, 0) is 38.5 Å². The Morgan fingerprint density at radius 1 is 1.52 bits per heavy atom. The molecule has 1 unspecified atom stereocenters. The van der Waals surface area contributed by atoms with Gasteiger partial charge in [-0.3, -0.25) is 5.32 Å². The van der Waals surface area contributed by atoms with E-state index in [9.17, 15) is 9.90 Å². The van der Waals surface area contributed by atoms with E-state index in [1.165, 1.54) is 6.07 Å². The first kappa shape index (κ1) is 17.3. The first-order valence-electron chi connectivity index (χ1n) is 6.52. The van der Waals surface area contributed by atoms with Crippen molar-refractivity contribution in [2.45, 2.75) is 39.2 Å². The van der Waals surface area contributed by atoms with Crippen LogP contribution < -0.4 is 5.32 Å². The van der Waals surface area contributed by atoms with Gasteiger partial charge in [0.2, 0.25) is 0 Å². The Morgan fingerprint density at radius 3 is 2.62 bits per heavy atom. The number of nitrogens with zero attached hydrogens (tertiary/aromatic N) is 1. The zero-order valence-electron chi connectivity index (χ0n) is 12.5. The summed E-state index contributed by atoms with van der Waals surface area (Å²) in [5.41, 5.74) is 0.607. The highest BCUT2D eigenvalue weighted by atomic mass is 35.5. The molecular weight excluding hydrogens is 292 g/mol. The second-order valence-corrected chi connectivity index (χ2v) is 6.13. The Kier molecular flexibility index (Phi) is 5.59. The van der Waals surface area contributed by atoms with Crippen LogP contribution in [0, 0.1) is 11.3 Å². The number of hydrogen-bond donors (Lipinski definition) is 2. The molecule has 1 aromatic rings. The minimum atomic E-state index is -0.651. The van der Waals surface area contributed by atoms with Crippen molar-refractivity contribution in [3.8, 4) is 6.07 Å². The number of carbonyl (C=O) groups is 1. The standard InChI is InChI=1S/C15H19ClN2O3/c1-9(8-19)11-5-10(7-17)6-12(13(11)16)18-14(20)21-15(2,3)4/h5-6,9,19H,8H2,1-4H3,(H,18,20). The van der Waals surface area contributed by atoms with Gasteiger partial charge in [0.05, 0.1) is 22.3 Å². The van der Waals surface area contributed by atoms with E-state index >= 15 is 0 Å². The zero-order chi connectivity index (χ0) is 16.2. The number of amides is 1. The fraction of sp³-hybridized carbons (Fsp3) is 0.467. The van der Waals surface area contributed by atoms with Crippen molar-refractivity contribution in [1.82, 2.24) is 0 Å². The molecular formula is C15H19ClN2O3. The molecule has 2 N–H and O–H groups in total. The summed E-state index contributed by atoms with van der Waals surface area (Å²) >= 11 is 6.24. The molecule has 0 aromatic heterocycles. The lowest BCUT2D eigenvalue weighted by Crippen LogP contribution is -2.27. The molecule has 6 heteroatoms. The fourth-order valence-corrected chi connectivity index (χ4v) is 2.02. The second kappa shape index (κ2) is 6.79. The molecule has 0 spiro atoms. The van der Waals surface area contributed by atoms with Crippen molar-refractivity contribution in [1.29, 1.82) is 5.26 Å². The number of anilines is 1. The molecule has 1 rings (SSSR count). The molecule has 0 heterocycles. The van der Waals surface area contributed by atoms with Crippen LogP contribution in [-0.4, -0.2) is 23.4 Å². The van der Waals surface area contributed by atoms with E-state index in [1.54, 1.807) is 33.8 Å². The maximum atomic E-state index is 11.8. The molecule has 5 nitrogen and oxygen atoms in total. The van der Waals surface area contributed by atoms with Crippen molar-refractivity contribution < 1.29 is 14.6 Å². The van der Waals surface area contributed by atoms with E-state index in [0.717, 1.165) is 0 Å². The Balaban J connectivity index is 3.12. The lowest BCUT2D eigenvalue weighted by Gasteiger charge is -2.21. The lowest BCUT2D eigenvalue weighted by atomic mass is 9.99. The van der Waals surface area contributed by atoms with Crippen LogP contribution in [0.15, 0.2) is 12.1 Å². The fourth-order valence-electron chi connectivity index (χ4n) is 1.67. The first-order chi connectivity index (χ1) is 9.67. The van der Waals surface area contributed by atoms with Crippen molar-refractivity contribution in [2.24, 2.45) is 0 Å². The quantitative estimate of drug-likeness (QED) is 0.892. The topological polar surface area (TPSA) is 82.4 Å². The molecule has 0 bridgehead atoms. The number of carbonyl (C=O) groups excluding carboxylic acids is 1. The van der Waals surface area contributed by atoms with Crippen molar-refractivity contribution in [3.63, 3.8) is 0 Å². The summed E-state index contributed by atoms with van der Waals surface area (Å²) in [6, 6.07) is 5.08. The van der Waals surface area contributed by atoms with Gasteiger partial charge in [-0.25, -0.2) is 4.79 Å². The van der Waals surface area contributed by atoms with Gasteiger partial charge in [0.25, 0.3) is 0 Å². The van der Waals surface area contributed by atoms with Crippen molar-refractivity contribution in [2.75, 3.05) is 11.9 Å². The molecule has 21 heavy (non-hydrogen) atoms. The van der Waals surface area contributed by atoms with E-state index < -0.39 is 11.7 Å². The monoisotopic (exact) mass is 310 g/mol. The van der Waals surface area contributed by atoms with E-state index in [2.05, 4.69) is 5.32 Å². The number of aliphatic hydroxyl groups excluding tert-OH is 1. The summed E-state index contributed by atoms with van der Waals surface area (Å²) < 4.78 is 5.16. The zero-order valence-corrected chi connectivity index (χ0v) is 13.3. The van der Waals surface area contributed by atoms with Gasteiger partial charge < -0.3 is 9.84 Å². The molecule has 0 fully saturated rings. The number of hydrogen-bond acceptors (Lipinski definition) is 4. The molecule has 0 aliphatic carbocycles. The second-order valence-electron chi connectivity index (χ2n) is 5.75. The summed E-state index contributed by atoms with van der Waals surface area (Å²) in [5, 5.41) is 21.1. The summed E-state index contributed by atoms with van der Waals surface area (Å²) in [4.78, 5) is 11.8. The third kappa shape index (κ3) is 4.92. The van der Waals surface area contributed by atoms with Gasteiger partial charge in [-0.1, -0.05) is 18.5 Å². The van der Waals surface area contributed by atoms with Gasteiger partial charge in [0, 0.05) is 12.5 Å². The number of rotatable bonds is 3. The Morgan fingerprint density at radius 2 is 2.14 bits per heavy atom. The lowest BCUT2D eigenvalue weighted by molar-refractivity contribution is 0.0636. The van der Waals surface area contributed by atoms with E-state index in [-0.39, 0.29) is 12.5 Å². The minimum absolute atomic E-state index is 0.111. The third-order valence-electron chi connectivity index (χ3n) is 2.67. The molecule has 0 saturated carbocycles. The predicted octanol–water partition coefficient (Wildman–Crippen LogP) is 3.65. The number of aliphatic hydroxyl groups is 1. The summed E-state index contributed by atoms with van der Waals surface area (Å²) in [5.74, 6) is -0.245. The van der Waals surface area contributed by atoms with Crippen molar-refractivity contribution >= 4 is 23.4 Å². The van der Waals surface area contributed by atoms with Gasteiger partial charge >= 0.3 is 6.09 Å². The molecule has 1 amide bonds. The normalized spacial score (nSPS) is 12.4. The highest BCUT2D eigenvalue weighted by molar-refractivity contribution is 6.34. The molecule has 0 aliphatic heterocycles. The summed E-state index contributed by atoms with van der Waals surface area (Å²) in [6.07, 6.45) is -0.651. The Hall–Kier alpha value is -1.77. The molecule has 1 atom stereocenters. The van der Waals surface area contributed by atoms with Crippen LogP contribution in [-0.2, 0) is 4.74 Å². The average molecular weight is 311 g/mol. The number of ether oxygens (including phenoxy) is 1. The van der Waals surface area contributed by atoms with Gasteiger partial charge in [0.15, 0.2) is 0 Å². The minimum Gasteiger partial charge on any atom is -0.444 e. The average Bonchev–Trinajstić information content (AvgIpc) is 2.38.